The predicted molar refractivity (Wildman–Crippen MR) is 240 cm³/mol. The quantitative estimate of drug-likeness (QED) is 0.0951. The largest absolute Gasteiger partial charge is 0.418 e. The molecule has 0 saturated heterocycles. The number of benzene rings is 6. The predicted octanol–water partition coefficient (Wildman–Crippen LogP) is 16.5. The second kappa shape index (κ2) is 14.2. The molecule has 2 nitrogen and oxygen atoms in total. The van der Waals surface area contributed by atoms with Crippen molar-refractivity contribution in [2.45, 2.75) is 111 Å². The van der Waals surface area contributed by atoms with E-state index in [1.54, 1.807) is 24.3 Å². The van der Waals surface area contributed by atoms with Crippen molar-refractivity contribution in [3.8, 4) is 22.5 Å². The van der Waals surface area contributed by atoms with Crippen molar-refractivity contribution >= 4 is 43.6 Å². The SMILES string of the molecule is CC(C)(C)c1ccc2c(c1)c1cc(C(C)(C)C)ccc1n2-c1cc(C(F)(F)F)c(-n2c3ccc(C(C)(C)C)cc3c3cc(C(C)(C)C)ccc32)cc1-c1c(F)c(F)c(F)c(F)c1F. The highest BCUT2D eigenvalue weighted by molar-refractivity contribution is 6.12. The van der Waals surface area contributed by atoms with Gasteiger partial charge >= 0.3 is 6.18 Å². The molecule has 10 heteroatoms. The highest BCUT2D eigenvalue weighted by Crippen LogP contribution is 2.48. The van der Waals surface area contributed by atoms with Crippen LogP contribution >= 0.6 is 0 Å². The molecule has 0 unspecified atom stereocenters. The highest BCUT2D eigenvalue weighted by atomic mass is 19.4. The Morgan fingerprint density at radius 3 is 0.921 bits per heavy atom. The molecule has 0 aliphatic carbocycles. The Kier molecular flexibility index (Phi) is 9.90. The molecule has 2 heterocycles. The molecule has 0 N–H and O–H groups in total. The summed E-state index contributed by atoms with van der Waals surface area (Å²) >= 11 is 0. The first-order valence-corrected chi connectivity index (χ1v) is 21.0. The number of hydrogen-bond acceptors (Lipinski definition) is 0. The summed E-state index contributed by atoms with van der Waals surface area (Å²) in [6, 6.07) is 23.6. The van der Waals surface area contributed by atoms with E-state index >= 15 is 30.7 Å². The third kappa shape index (κ3) is 7.17. The second-order valence-electron chi connectivity index (χ2n) is 20.9. The van der Waals surface area contributed by atoms with E-state index in [-0.39, 0.29) is 21.7 Å². The van der Waals surface area contributed by atoms with Crippen LogP contribution in [0.25, 0.3) is 66.1 Å². The van der Waals surface area contributed by atoms with E-state index in [2.05, 4.69) is 0 Å². The van der Waals surface area contributed by atoms with Gasteiger partial charge in [0.1, 0.15) is 0 Å². The monoisotopic (exact) mass is 866 g/mol. The Balaban J connectivity index is 1.60. The van der Waals surface area contributed by atoms with Gasteiger partial charge < -0.3 is 9.13 Å². The van der Waals surface area contributed by atoms with E-state index in [1.165, 1.54) is 9.13 Å². The van der Waals surface area contributed by atoms with Gasteiger partial charge in [-0.05, 0) is 105 Å². The number of aromatic nitrogens is 2. The Hall–Kier alpha value is -5.64. The zero-order valence-electron chi connectivity index (χ0n) is 37.5. The number of hydrogen-bond donors (Lipinski definition) is 0. The molecule has 0 bridgehead atoms. The van der Waals surface area contributed by atoms with Gasteiger partial charge in [0.05, 0.1) is 44.6 Å². The summed E-state index contributed by atoms with van der Waals surface area (Å²) in [6.45, 7) is 24.2. The summed E-state index contributed by atoms with van der Waals surface area (Å²) in [5, 5.41) is 2.53. The smallest absolute Gasteiger partial charge is 0.309 e. The van der Waals surface area contributed by atoms with Crippen LogP contribution in [0.4, 0.5) is 35.1 Å². The van der Waals surface area contributed by atoms with Gasteiger partial charge in [-0.3, -0.25) is 0 Å². The molecule has 0 aliphatic heterocycles. The lowest BCUT2D eigenvalue weighted by Crippen LogP contribution is -2.15. The van der Waals surface area contributed by atoms with Crippen LogP contribution in [-0.4, -0.2) is 9.13 Å². The maximum Gasteiger partial charge on any atom is 0.418 e. The Bertz CT molecular complexity index is 3020. The van der Waals surface area contributed by atoms with Gasteiger partial charge in [-0.25, -0.2) is 22.0 Å². The van der Waals surface area contributed by atoms with Gasteiger partial charge in [0, 0.05) is 27.1 Å². The minimum atomic E-state index is -5.09. The van der Waals surface area contributed by atoms with Crippen molar-refractivity contribution in [2.75, 3.05) is 0 Å². The third-order valence-electron chi connectivity index (χ3n) is 12.4. The molecule has 0 saturated carbocycles. The van der Waals surface area contributed by atoms with Gasteiger partial charge in [-0.15, -0.1) is 0 Å². The number of halogens is 8. The van der Waals surface area contributed by atoms with Crippen molar-refractivity contribution < 1.29 is 35.1 Å². The molecule has 2 aromatic heterocycles. The van der Waals surface area contributed by atoms with E-state index in [1.807, 2.05) is 132 Å². The van der Waals surface area contributed by atoms with Crippen LogP contribution in [0.1, 0.15) is 111 Å². The summed E-state index contributed by atoms with van der Waals surface area (Å²) in [4.78, 5) is 0. The van der Waals surface area contributed by atoms with E-state index in [4.69, 9.17) is 0 Å². The van der Waals surface area contributed by atoms with Gasteiger partial charge in [0.15, 0.2) is 23.3 Å². The number of fused-ring (bicyclic) bond motifs is 6. The molecule has 0 spiro atoms. The molecule has 0 aliphatic rings. The molecule has 328 valence electrons. The first kappa shape index (κ1) is 44.0. The lowest BCUT2D eigenvalue weighted by molar-refractivity contribution is -0.137. The van der Waals surface area contributed by atoms with E-state index in [0.29, 0.717) is 43.6 Å². The molecule has 8 rings (SSSR count). The molecule has 0 atom stereocenters. The fourth-order valence-corrected chi connectivity index (χ4v) is 8.65. The summed E-state index contributed by atoms with van der Waals surface area (Å²) in [5.74, 6) is -11.2. The Labute approximate surface area is 362 Å². The first-order chi connectivity index (χ1) is 29.0. The van der Waals surface area contributed by atoms with Crippen molar-refractivity contribution in [2.24, 2.45) is 0 Å². The lowest BCUT2D eigenvalue weighted by Gasteiger charge is -2.23. The number of rotatable bonds is 3. The lowest BCUT2D eigenvalue weighted by atomic mass is 9.85. The van der Waals surface area contributed by atoms with Gasteiger partial charge in [-0.1, -0.05) is 107 Å². The fourth-order valence-electron chi connectivity index (χ4n) is 8.65. The van der Waals surface area contributed by atoms with Crippen molar-refractivity contribution in [1.82, 2.24) is 9.13 Å². The molecule has 0 radical (unpaired) electrons. The van der Waals surface area contributed by atoms with Crippen molar-refractivity contribution in [3.05, 3.63) is 142 Å². The molecule has 63 heavy (non-hydrogen) atoms. The van der Waals surface area contributed by atoms with E-state index < -0.39 is 63.3 Å². The average Bonchev–Trinajstić information content (AvgIpc) is 3.68. The summed E-state index contributed by atoms with van der Waals surface area (Å²) < 4.78 is 129. The topological polar surface area (TPSA) is 9.86 Å². The van der Waals surface area contributed by atoms with Crippen LogP contribution in [0, 0.1) is 29.1 Å². The van der Waals surface area contributed by atoms with Crippen LogP contribution in [0.15, 0.2) is 84.9 Å². The Morgan fingerprint density at radius 2 is 0.635 bits per heavy atom. The fraction of sp³-hybridized carbons (Fsp3) is 0.321. The maximum absolute atomic E-state index is 16.4. The van der Waals surface area contributed by atoms with Crippen LogP contribution < -0.4 is 0 Å². The molecule has 6 aromatic carbocycles. The van der Waals surface area contributed by atoms with Crippen LogP contribution in [0.3, 0.4) is 0 Å². The van der Waals surface area contributed by atoms with Crippen LogP contribution in [0.2, 0.25) is 0 Å². The molecular formula is C53H50F8N2. The number of alkyl halides is 3. The number of nitrogens with zero attached hydrogens (tertiary/aromatic N) is 2. The van der Waals surface area contributed by atoms with Crippen molar-refractivity contribution in [3.63, 3.8) is 0 Å². The second-order valence-corrected chi connectivity index (χ2v) is 20.9. The molecule has 0 fully saturated rings. The van der Waals surface area contributed by atoms with Gasteiger partial charge in [0.2, 0.25) is 5.82 Å². The molecular weight excluding hydrogens is 817 g/mol. The Morgan fingerprint density at radius 1 is 0.349 bits per heavy atom. The highest BCUT2D eigenvalue weighted by Gasteiger charge is 2.39. The van der Waals surface area contributed by atoms with E-state index in [0.717, 1.165) is 34.4 Å². The average molecular weight is 867 g/mol. The van der Waals surface area contributed by atoms with Gasteiger partial charge in [0.25, 0.3) is 0 Å². The molecule has 8 aromatic rings. The summed E-state index contributed by atoms with van der Waals surface area (Å²) in [6.07, 6.45) is -5.09. The summed E-state index contributed by atoms with van der Waals surface area (Å²) in [5.41, 5.74) is -0.409. The maximum atomic E-state index is 16.4. The minimum absolute atomic E-state index is 0.342. The zero-order chi connectivity index (χ0) is 46.3. The third-order valence-corrected chi connectivity index (χ3v) is 12.4. The van der Waals surface area contributed by atoms with Crippen LogP contribution in [-0.2, 0) is 27.8 Å². The first-order valence-electron chi connectivity index (χ1n) is 21.0. The van der Waals surface area contributed by atoms with Crippen LogP contribution in [0.5, 0.6) is 0 Å². The zero-order valence-corrected chi connectivity index (χ0v) is 37.5. The van der Waals surface area contributed by atoms with Crippen molar-refractivity contribution in [1.29, 1.82) is 0 Å². The minimum Gasteiger partial charge on any atom is -0.309 e. The van der Waals surface area contributed by atoms with E-state index in [9.17, 15) is 4.39 Å². The molecule has 0 amide bonds. The normalized spacial score (nSPS) is 13.4. The van der Waals surface area contributed by atoms with Gasteiger partial charge in [-0.2, -0.15) is 13.2 Å². The summed E-state index contributed by atoms with van der Waals surface area (Å²) in [7, 11) is 0. The standard InChI is InChI=1S/C53H50F8N2/c1-49(2,3)27-13-17-37-31(21-27)32-22-28(50(4,5)6)14-18-38(32)62(37)41-26-36(53(59,60)61)42(25-35(41)43-44(54)46(56)48(58)47(57)45(43)55)63-39-19-15-29(51(7,8)9)23-33(39)34-24-30(52(10,11)12)16-20-40(34)63/h13-26H,1-12H3.